The first-order valence-electron chi connectivity index (χ1n) is 5.61. The van der Waals surface area contributed by atoms with Crippen LogP contribution in [0.5, 0.6) is 0 Å². The van der Waals surface area contributed by atoms with Gasteiger partial charge in [-0.1, -0.05) is 12.2 Å². The van der Waals surface area contributed by atoms with Gasteiger partial charge in [0.25, 0.3) is 5.91 Å². The Balaban J connectivity index is 2.76. The third-order valence-corrected chi connectivity index (χ3v) is 2.40. The number of carbonyl (C=O) groups excluding carboxylic acids is 1. The molecule has 0 saturated heterocycles. The van der Waals surface area contributed by atoms with Crippen molar-refractivity contribution in [1.82, 2.24) is 5.32 Å². The van der Waals surface area contributed by atoms with Crippen LogP contribution < -0.4 is 5.32 Å². The predicted octanol–water partition coefficient (Wildman–Crippen LogP) is 2.60. The van der Waals surface area contributed by atoms with Gasteiger partial charge in [0, 0.05) is 6.04 Å². The van der Waals surface area contributed by atoms with Gasteiger partial charge in [0.15, 0.2) is 0 Å². The number of aliphatic imine (C=N–C) groups is 1. The average molecular weight is 220 g/mol. The van der Waals surface area contributed by atoms with Gasteiger partial charge in [-0.05, 0) is 46.1 Å². The maximum absolute atomic E-state index is 11.7. The Labute approximate surface area is 97.3 Å². The molecule has 3 nitrogen and oxygen atoms in total. The highest BCUT2D eigenvalue weighted by Gasteiger charge is 2.24. The minimum absolute atomic E-state index is 0.0671. The van der Waals surface area contributed by atoms with Crippen LogP contribution >= 0.6 is 0 Å². The van der Waals surface area contributed by atoms with Crippen molar-refractivity contribution < 1.29 is 4.79 Å². The average Bonchev–Trinajstić information content (AvgIpc) is 2.96. The Kier molecular flexibility index (Phi) is 4.05. The number of rotatable bonds is 4. The normalized spacial score (nSPS) is 15.6. The number of allylic oxidation sites excluding steroid dienone is 2. The summed E-state index contributed by atoms with van der Waals surface area (Å²) in [6.07, 6.45) is 2.18. The van der Waals surface area contributed by atoms with E-state index in [0.717, 1.165) is 29.7 Å². The monoisotopic (exact) mass is 220 g/mol. The molecule has 88 valence electrons. The lowest BCUT2D eigenvalue weighted by atomic mass is 10.1. The lowest BCUT2D eigenvalue weighted by molar-refractivity contribution is -0.114. The molecule has 0 spiro atoms. The van der Waals surface area contributed by atoms with E-state index in [9.17, 15) is 4.79 Å². The summed E-state index contributed by atoms with van der Waals surface area (Å²) in [7, 11) is 0. The standard InChI is InChI=1S/C13H20N2O/c1-8(2)12(9(3)4)14-10(5)13(16)15-11-6-7-11/h11H,1,6-7H2,2-5H3,(H,15,16)/b14-10+. The van der Waals surface area contributed by atoms with Crippen LogP contribution in [-0.2, 0) is 4.79 Å². The van der Waals surface area contributed by atoms with Gasteiger partial charge in [-0.15, -0.1) is 0 Å². The first kappa shape index (κ1) is 12.7. The molecule has 1 rings (SSSR count). The number of hydrogen-bond donors (Lipinski definition) is 1. The molecule has 1 saturated carbocycles. The smallest absolute Gasteiger partial charge is 0.265 e. The van der Waals surface area contributed by atoms with E-state index in [1.807, 2.05) is 20.8 Å². The van der Waals surface area contributed by atoms with E-state index < -0.39 is 0 Å². The van der Waals surface area contributed by atoms with Crippen molar-refractivity contribution in [2.75, 3.05) is 0 Å². The highest BCUT2D eigenvalue weighted by Crippen LogP contribution is 2.19. The molecule has 1 fully saturated rings. The first-order valence-corrected chi connectivity index (χ1v) is 5.61. The molecule has 0 aliphatic heterocycles. The summed E-state index contributed by atoms with van der Waals surface area (Å²) in [5.74, 6) is -0.0671. The molecule has 0 atom stereocenters. The van der Waals surface area contributed by atoms with E-state index >= 15 is 0 Å². The van der Waals surface area contributed by atoms with E-state index in [0.29, 0.717) is 11.8 Å². The second-order valence-corrected chi connectivity index (χ2v) is 4.57. The Morgan fingerprint density at radius 2 is 1.81 bits per heavy atom. The molecule has 1 aliphatic rings. The van der Waals surface area contributed by atoms with Gasteiger partial charge in [-0.25, -0.2) is 4.99 Å². The zero-order chi connectivity index (χ0) is 12.3. The molecule has 0 unspecified atom stereocenters. The van der Waals surface area contributed by atoms with E-state index in [-0.39, 0.29) is 5.91 Å². The minimum atomic E-state index is -0.0671. The highest BCUT2D eigenvalue weighted by atomic mass is 16.2. The largest absolute Gasteiger partial charge is 0.348 e. The minimum Gasteiger partial charge on any atom is -0.348 e. The Morgan fingerprint density at radius 1 is 1.25 bits per heavy atom. The fourth-order valence-corrected chi connectivity index (χ4v) is 1.37. The third-order valence-electron chi connectivity index (χ3n) is 2.40. The zero-order valence-corrected chi connectivity index (χ0v) is 10.6. The SMILES string of the molecule is C=C(C)C(/N=C(\C)C(=O)NC1CC1)=C(C)C. The fraction of sp³-hybridized carbons (Fsp3) is 0.538. The van der Waals surface area contributed by atoms with Gasteiger partial charge in [0.2, 0.25) is 0 Å². The summed E-state index contributed by atoms with van der Waals surface area (Å²) in [5.41, 5.74) is 3.29. The van der Waals surface area contributed by atoms with Crippen LogP contribution in [-0.4, -0.2) is 17.7 Å². The Hall–Kier alpha value is -1.38. The molecular formula is C13H20N2O. The van der Waals surface area contributed by atoms with Crippen molar-refractivity contribution in [3.05, 3.63) is 23.4 Å². The van der Waals surface area contributed by atoms with Crippen molar-refractivity contribution in [3.8, 4) is 0 Å². The molecule has 1 aliphatic carbocycles. The lowest BCUT2D eigenvalue weighted by Crippen LogP contribution is -2.31. The van der Waals surface area contributed by atoms with Crippen LogP contribution in [0.15, 0.2) is 28.4 Å². The third kappa shape index (κ3) is 3.65. The van der Waals surface area contributed by atoms with Crippen molar-refractivity contribution >= 4 is 11.6 Å². The predicted molar refractivity (Wildman–Crippen MR) is 67.5 cm³/mol. The maximum atomic E-state index is 11.7. The van der Waals surface area contributed by atoms with Crippen molar-refractivity contribution in [1.29, 1.82) is 0 Å². The quantitative estimate of drug-likeness (QED) is 0.574. The Morgan fingerprint density at radius 3 is 2.19 bits per heavy atom. The van der Waals surface area contributed by atoms with Gasteiger partial charge in [0.05, 0.1) is 5.70 Å². The van der Waals surface area contributed by atoms with Crippen molar-refractivity contribution in [2.45, 2.75) is 46.6 Å². The number of nitrogens with one attached hydrogen (secondary N) is 1. The van der Waals surface area contributed by atoms with E-state index in [1.54, 1.807) is 6.92 Å². The van der Waals surface area contributed by atoms with Gasteiger partial charge < -0.3 is 5.32 Å². The molecule has 0 radical (unpaired) electrons. The molecule has 16 heavy (non-hydrogen) atoms. The van der Waals surface area contributed by atoms with Crippen LogP contribution in [0.3, 0.4) is 0 Å². The second-order valence-electron chi connectivity index (χ2n) is 4.57. The van der Waals surface area contributed by atoms with Gasteiger partial charge in [-0.3, -0.25) is 4.79 Å². The summed E-state index contributed by atoms with van der Waals surface area (Å²) in [5, 5.41) is 2.91. The molecule has 0 heterocycles. The molecule has 1 N–H and O–H groups in total. The van der Waals surface area contributed by atoms with Crippen LogP contribution in [0, 0.1) is 0 Å². The van der Waals surface area contributed by atoms with Crippen molar-refractivity contribution in [3.63, 3.8) is 0 Å². The van der Waals surface area contributed by atoms with Crippen molar-refractivity contribution in [2.24, 2.45) is 4.99 Å². The Bertz CT molecular complexity index is 369. The number of nitrogens with zero attached hydrogens (tertiary/aromatic N) is 1. The zero-order valence-electron chi connectivity index (χ0n) is 10.6. The van der Waals surface area contributed by atoms with Gasteiger partial charge in [-0.2, -0.15) is 0 Å². The van der Waals surface area contributed by atoms with E-state index in [4.69, 9.17) is 0 Å². The summed E-state index contributed by atoms with van der Waals surface area (Å²) < 4.78 is 0. The van der Waals surface area contributed by atoms with Gasteiger partial charge in [0.1, 0.15) is 5.71 Å². The summed E-state index contributed by atoms with van der Waals surface area (Å²) in [6.45, 7) is 11.4. The second kappa shape index (κ2) is 5.10. The molecule has 0 aromatic carbocycles. The molecular weight excluding hydrogens is 200 g/mol. The summed E-state index contributed by atoms with van der Waals surface area (Å²) in [4.78, 5) is 16.0. The number of carbonyl (C=O) groups is 1. The van der Waals surface area contributed by atoms with Crippen LogP contribution in [0.4, 0.5) is 0 Å². The first-order chi connectivity index (χ1) is 7.41. The number of amides is 1. The highest BCUT2D eigenvalue weighted by molar-refractivity contribution is 6.38. The summed E-state index contributed by atoms with van der Waals surface area (Å²) in [6, 6.07) is 0.373. The fourth-order valence-electron chi connectivity index (χ4n) is 1.37. The van der Waals surface area contributed by atoms with E-state index in [1.165, 1.54) is 0 Å². The topological polar surface area (TPSA) is 41.5 Å². The lowest BCUT2D eigenvalue weighted by Gasteiger charge is -2.07. The van der Waals surface area contributed by atoms with Gasteiger partial charge >= 0.3 is 0 Å². The number of hydrogen-bond acceptors (Lipinski definition) is 2. The van der Waals surface area contributed by atoms with Crippen LogP contribution in [0.1, 0.15) is 40.5 Å². The van der Waals surface area contributed by atoms with Crippen LogP contribution in [0.25, 0.3) is 0 Å². The molecule has 0 aromatic rings. The summed E-state index contributed by atoms with van der Waals surface area (Å²) >= 11 is 0. The van der Waals surface area contributed by atoms with Crippen LogP contribution in [0.2, 0.25) is 0 Å². The molecule has 3 heteroatoms. The molecule has 0 aromatic heterocycles. The van der Waals surface area contributed by atoms with E-state index in [2.05, 4.69) is 16.9 Å². The maximum Gasteiger partial charge on any atom is 0.265 e. The molecule has 1 amide bonds. The molecule has 0 bridgehead atoms.